The highest BCUT2D eigenvalue weighted by atomic mass is 19.1. The quantitative estimate of drug-likeness (QED) is 0.853. The highest BCUT2D eigenvalue weighted by Crippen LogP contribution is 2.32. The van der Waals surface area contributed by atoms with E-state index in [1.165, 1.54) is 13.2 Å². The molecule has 0 aliphatic carbocycles. The van der Waals surface area contributed by atoms with Crippen molar-refractivity contribution in [2.45, 2.75) is 32.9 Å². The maximum Gasteiger partial charge on any atom is 0.169 e. The number of aliphatic hydroxyl groups excluding tert-OH is 1. The van der Waals surface area contributed by atoms with Gasteiger partial charge in [-0.25, -0.2) is 4.39 Å². The zero-order valence-electron chi connectivity index (χ0n) is 10.7. The van der Waals surface area contributed by atoms with E-state index in [1.54, 1.807) is 12.1 Å². The van der Waals surface area contributed by atoms with Crippen LogP contribution in [0.5, 0.6) is 5.75 Å². The van der Waals surface area contributed by atoms with E-state index in [9.17, 15) is 9.50 Å². The minimum Gasteiger partial charge on any atom is -0.494 e. The van der Waals surface area contributed by atoms with Crippen molar-refractivity contribution in [2.24, 2.45) is 11.1 Å². The molecule has 3 nitrogen and oxygen atoms in total. The summed E-state index contributed by atoms with van der Waals surface area (Å²) in [6, 6.07) is 3.98. The molecule has 2 atom stereocenters. The third kappa shape index (κ3) is 2.96. The Kier molecular flexibility index (Phi) is 4.11. The Morgan fingerprint density at radius 3 is 2.41 bits per heavy atom. The molecule has 0 radical (unpaired) electrons. The highest BCUT2D eigenvalue weighted by molar-refractivity contribution is 5.33. The molecule has 0 saturated heterocycles. The molecule has 1 aromatic carbocycles. The second-order valence-electron chi connectivity index (χ2n) is 5.20. The van der Waals surface area contributed by atoms with Gasteiger partial charge in [0.15, 0.2) is 11.6 Å². The van der Waals surface area contributed by atoms with Gasteiger partial charge in [-0.15, -0.1) is 0 Å². The fourth-order valence-corrected chi connectivity index (χ4v) is 1.65. The Balaban J connectivity index is 3.08. The molecule has 17 heavy (non-hydrogen) atoms. The second kappa shape index (κ2) is 5.02. The number of ether oxygens (including phenoxy) is 1. The van der Waals surface area contributed by atoms with Crippen LogP contribution in [0.2, 0.25) is 0 Å². The van der Waals surface area contributed by atoms with Crippen LogP contribution in [0.15, 0.2) is 18.2 Å². The van der Waals surface area contributed by atoms with Crippen molar-refractivity contribution in [1.29, 1.82) is 0 Å². The molecular weight excluding hydrogens is 221 g/mol. The lowest BCUT2D eigenvalue weighted by atomic mass is 9.82. The van der Waals surface area contributed by atoms with Crippen molar-refractivity contribution in [3.63, 3.8) is 0 Å². The summed E-state index contributed by atoms with van der Waals surface area (Å²) in [5.74, 6) is -0.371. The van der Waals surface area contributed by atoms with Crippen molar-refractivity contribution in [3.05, 3.63) is 29.6 Å². The average Bonchev–Trinajstić information content (AvgIpc) is 2.26. The van der Waals surface area contributed by atoms with Crippen molar-refractivity contribution in [2.75, 3.05) is 7.11 Å². The minimum absolute atomic E-state index is 0.138. The standard InChI is InChI=1S/C13H20FNO2/c1-13(2,3)12(16)11(15)8-6-5-7-9(17-4)10(8)14/h5-7,11-12,16H,15H2,1-4H3/t11-,12-/m1/s1. The molecule has 4 heteroatoms. The number of methoxy groups -OCH3 is 1. The SMILES string of the molecule is COc1cccc([C@@H](N)[C@@H](O)C(C)(C)C)c1F. The van der Waals surface area contributed by atoms with E-state index in [4.69, 9.17) is 10.5 Å². The third-order valence-electron chi connectivity index (χ3n) is 2.80. The molecular formula is C13H20FNO2. The van der Waals surface area contributed by atoms with E-state index >= 15 is 0 Å². The molecule has 0 aliphatic rings. The number of rotatable bonds is 3. The first-order valence-corrected chi connectivity index (χ1v) is 5.55. The number of benzene rings is 1. The Labute approximate surface area is 101 Å². The minimum atomic E-state index is -0.830. The maximum absolute atomic E-state index is 14.0. The highest BCUT2D eigenvalue weighted by Gasteiger charge is 2.31. The normalized spacial score (nSPS) is 15.5. The number of halogens is 1. The molecule has 3 N–H and O–H groups in total. The lowest BCUT2D eigenvalue weighted by molar-refractivity contribution is 0.0390. The smallest absolute Gasteiger partial charge is 0.169 e. The fraction of sp³-hybridized carbons (Fsp3) is 0.538. The lowest BCUT2D eigenvalue weighted by Gasteiger charge is -2.31. The Morgan fingerprint density at radius 2 is 1.94 bits per heavy atom. The largest absolute Gasteiger partial charge is 0.494 e. The molecule has 0 fully saturated rings. The average molecular weight is 241 g/mol. The van der Waals surface area contributed by atoms with Crippen LogP contribution in [-0.2, 0) is 0 Å². The van der Waals surface area contributed by atoms with E-state index < -0.39 is 23.4 Å². The van der Waals surface area contributed by atoms with Gasteiger partial charge in [0.1, 0.15) is 0 Å². The van der Waals surface area contributed by atoms with Gasteiger partial charge < -0.3 is 15.6 Å². The van der Waals surface area contributed by atoms with Crippen LogP contribution in [0.1, 0.15) is 32.4 Å². The van der Waals surface area contributed by atoms with Gasteiger partial charge in [-0.1, -0.05) is 32.9 Å². The van der Waals surface area contributed by atoms with Gasteiger partial charge in [0.05, 0.1) is 19.3 Å². The summed E-state index contributed by atoms with van der Waals surface area (Å²) in [6.07, 6.45) is -0.830. The predicted molar refractivity (Wildman–Crippen MR) is 65.3 cm³/mol. The van der Waals surface area contributed by atoms with E-state index in [-0.39, 0.29) is 11.3 Å². The summed E-state index contributed by atoms with van der Waals surface area (Å²) in [6.45, 7) is 5.57. The van der Waals surface area contributed by atoms with E-state index in [2.05, 4.69) is 0 Å². The molecule has 0 aromatic heterocycles. The molecule has 0 aliphatic heterocycles. The zero-order valence-corrected chi connectivity index (χ0v) is 10.7. The van der Waals surface area contributed by atoms with Gasteiger partial charge >= 0.3 is 0 Å². The Bertz CT molecular complexity index is 387. The molecule has 0 bridgehead atoms. The van der Waals surface area contributed by atoms with Crippen LogP contribution in [0.4, 0.5) is 4.39 Å². The van der Waals surface area contributed by atoms with Crippen LogP contribution in [-0.4, -0.2) is 18.3 Å². The van der Waals surface area contributed by atoms with Crippen LogP contribution >= 0.6 is 0 Å². The van der Waals surface area contributed by atoms with Gasteiger partial charge in [0, 0.05) is 5.56 Å². The van der Waals surface area contributed by atoms with Crippen molar-refractivity contribution in [3.8, 4) is 5.75 Å². The lowest BCUT2D eigenvalue weighted by Crippen LogP contribution is -2.37. The van der Waals surface area contributed by atoms with E-state index in [0.717, 1.165) is 0 Å². The monoisotopic (exact) mass is 241 g/mol. The number of nitrogens with two attached hydrogens (primary N) is 1. The van der Waals surface area contributed by atoms with E-state index in [0.29, 0.717) is 0 Å². The summed E-state index contributed by atoms with van der Waals surface area (Å²) >= 11 is 0. The summed E-state index contributed by atoms with van der Waals surface area (Å²) in [4.78, 5) is 0. The Morgan fingerprint density at radius 1 is 1.35 bits per heavy atom. The third-order valence-corrected chi connectivity index (χ3v) is 2.80. The molecule has 0 unspecified atom stereocenters. The predicted octanol–water partition coefficient (Wildman–Crippen LogP) is 2.24. The second-order valence-corrected chi connectivity index (χ2v) is 5.20. The van der Waals surface area contributed by atoms with Crippen LogP contribution < -0.4 is 10.5 Å². The summed E-state index contributed by atoms with van der Waals surface area (Å²) in [7, 11) is 1.40. The van der Waals surface area contributed by atoms with Crippen molar-refractivity contribution < 1.29 is 14.2 Å². The van der Waals surface area contributed by atoms with Crippen LogP contribution in [0, 0.1) is 11.2 Å². The first kappa shape index (κ1) is 13.9. The maximum atomic E-state index is 14.0. The summed E-state index contributed by atoms with van der Waals surface area (Å²) in [5, 5.41) is 10.1. The van der Waals surface area contributed by atoms with E-state index in [1.807, 2.05) is 20.8 Å². The molecule has 0 spiro atoms. The number of hydrogen-bond acceptors (Lipinski definition) is 3. The number of hydrogen-bond donors (Lipinski definition) is 2. The molecule has 0 saturated carbocycles. The summed E-state index contributed by atoms with van der Waals surface area (Å²) < 4.78 is 18.8. The van der Waals surface area contributed by atoms with Gasteiger partial charge in [-0.2, -0.15) is 0 Å². The summed E-state index contributed by atoms with van der Waals surface area (Å²) in [5.41, 5.74) is 5.77. The first-order valence-electron chi connectivity index (χ1n) is 5.55. The van der Waals surface area contributed by atoms with Gasteiger partial charge in [-0.3, -0.25) is 0 Å². The molecule has 1 rings (SSSR count). The number of aliphatic hydroxyl groups is 1. The van der Waals surface area contributed by atoms with Crippen LogP contribution in [0.25, 0.3) is 0 Å². The molecule has 0 amide bonds. The fourth-order valence-electron chi connectivity index (χ4n) is 1.65. The molecule has 0 heterocycles. The topological polar surface area (TPSA) is 55.5 Å². The van der Waals surface area contributed by atoms with Crippen molar-refractivity contribution >= 4 is 0 Å². The van der Waals surface area contributed by atoms with Gasteiger partial charge in [-0.05, 0) is 11.5 Å². The molecule has 96 valence electrons. The zero-order chi connectivity index (χ0) is 13.2. The van der Waals surface area contributed by atoms with Gasteiger partial charge in [0.25, 0.3) is 0 Å². The van der Waals surface area contributed by atoms with Crippen molar-refractivity contribution in [1.82, 2.24) is 0 Å². The first-order chi connectivity index (χ1) is 7.79. The van der Waals surface area contributed by atoms with Crippen LogP contribution in [0.3, 0.4) is 0 Å². The van der Waals surface area contributed by atoms with Gasteiger partial charge in [0.2, 0.25) is 0 Å². The Hall–Kier alpha value is -1.13. The molecule has 1 aromatic rings.